The van der Waals surface area contributed by atoms with Crippen molar-refractivity contribution in [3.63, 3.8) is 0 Å². The van der Waals surface area contributed by atoms with E-state index in [1.807, 2.05) is 23.0 Å². The SMILES string of the molecule is CC(F)OC1CCC(Nc2ncc3c(n2)CC=C3c2ccn3nccc3c2)CC1.[HH]. The zero-order valence-electron chi connectivity index (χ0n) is 16.4. The fourth-order valence-corrected chi connectivity index (χ4v) is 4.33. The molecule has 5 rings (SSSR count). The first-order valence-electron chi connectivity index (χ1n) is 10.2. The van der Waals surface area contributed by atoms with Crippen LogP contribution in [0.5, 0.6) is 0 Å². The topological polar surface area (TPSA) is 64.3 Å². The van der Waals surface area contributed by atoms with Gasteiger partial charge in [-0.05, 0) is 61.9 Å². The molecule has 0 spiro atoms. The van der Waals surface area contributed by atoms with E-state index in [0.717, 1.165) is 54.4 Å². The number of hydrogen-bond acceptors (Lipinski definition) is 5. The average Bonchev–Trinajstić information content (AvgIpc) is 3.35. The van der Waals surface area contributed by atoms with E-state index in [9.17, 15) is 4.39 Å². The van der Waals surface area contributed by atoms with E-state index in [1.54, 1.807) is 6.20 Å². The summed E-state index contributed by atoms with van der Waals surface area (Å²) in [6, 6.07) is 6.52. The third-order valence-electron chi connectivity index (χ3n) is 5.76. The molecule has 3 aromatic heterocycles. The molecule has 1 N–H and O–H groups in total. The Morgan fingerprint density at radius 1 is 1.28 bits per heavy atom. The molecule has 0 aromatic carbocycles. The van der Waals surface area contributed by atoms with Crippen LogP contribution in [0.15, 0.2) is 42.9 Å². The van der Waals surface area contributed by atoms with Crippen molar-refractivity contribution in [3.8, 4) is 0 Å². The van der Waals surface area contributed by atoms with Crippen LogP contribution in [-0.2, 0) is 11.2 Å². The second-order valence-electron chi connectivity index (χ2n) is 7.79. The summed E-state index contributed by atoms with van der Waals surface area (Å²) in [6.45, 7) is 1.44. The zero-order valence-corrected chi connectivity index (χ0v) is 16.4. The fraction of sp³-hybridized carbons (Fsp3) is 0.409. The molecule has 0 bridgehead atoms. The molecule has 1 atom stereocenters. The molecular weight excluding hydrogens is 369 g/mol. The van der Waals surface area contributed by atoms with Gasteiger partial charge in [-0.3, -0.25) is 0 Å². The van der Waals surface area contributed by atoms with Gasteiger partial charge >= 0.3 is 0 Å². The summed E-state index contributed by atoms with van der Waals surface area (Å²) in [4.78, 5) is 9.33. The molecule has 6 nitrogen and oxygen atoms in total. The number of nitrogens with one attached hydrogen (secondary N) is 1. The molecule has 1 unspecified atom stereocenters. The summed E-state index contributed by atoms with van der Waals surface area (Å²) >= 11 is 0. The first-order chi connectivity index (χ1) is 14.2. The van der Waals surface area contributed by atoms with Gasteiger partial charge in [0.2, 0.25) is 5.95 Å². The largest absolute Gasteiger partial charge is 0.351 e. The predicted molar refractivity (Wildman–Crippen MR) is 111 cm³/mol. The Hall–Kier alpha value is -2.80. The van der Waals surface area contributed by atoms with Gasteiger partial charge < -0.3 is 10.1 Å². The van der Waals surface area contributed by atoms with Crippen LogP contribution < -0.4 is 5.32 Å². The summed E-state index contributed by atoms with van der Waals surface area (Å²) in [6.07, 6.45) is 11.1. The highest BCUT2D eigenvalue weighted by Gasteiger charge is 2.24. The van der Waals surface area contributed by atoms with Crippen molar-refractivity contribution in [2.75, 3.05) is 5.32 Å². The number of ether oxygens (including phenoxy) is 1. The first-order valence-corrected chi connectivity index (χ1v) is 10.2. The lowest BCUT2D eigenvalue weighted by Crippen LogP contribution is -2.31. The maximum absolute atomic E-state index is 13.0. The summed E-state index contributed by atoms with van der Waals surface area (Å²) in [5.41, 5.74) is 5.54. The molecule has 0 aliphatic heterocycles. The smallest absolute Gasteiger partial charge is 0.223 e. The van der Waals surface area contributed by atoms with Gasteiger partial charge in [-0.15, -0.1) is 0 Å². The molecule has 0 radical (unpaired) electrons. The van der Waals surface area contributed by atoms with E-state index in [4.69, 9.17) is 9.72 Å². The number of hydrogen-bond donors (Lipinski definition) is 1. The van der Waals surface area contributed by atoms with E-state index in [-0.39, 0.29) is 7.53 Å². The van der Waals surface area contributed by atoms with Gasteiger partial charge in [0.25, 0.3) is 0 Å². The quantitative estimate of drug-likeness (QED) is 0.693. The molecule has 0 amide bonds. The minimum Gasteiger partial charge on any atom is -0.351 e. The van der Waals surface area contributed by atoms with Crippen LogP contribution in [0.25, 0.3) is 11.1 Å². The second kappa shape index (κ2) is 7.55. The highest BCUT2D eigenvalue weighted by atomic mass is 19.1. The van der Waals surface area contributed by atoms with Gasteiger partial charge in [0.1, 0.15) is 0 Å². The van der Waals surface area contributed by atoms with Crippen molar-refractivity contribution in [2.45, 2.75) is 57.5 Å². The van der Waals surface area contributed by atoms with Crippen molar-refractivity contribution < 1.29 is 10.6 Å². The minimum atomic E-state index is -1.19. The number of nitrogens with zero attached hydrogens (tertiary/aromatic N) is 4. The van der Waals surface area contributed by atoms with E-state index >= 15 is 0 Å². The average molecular weight is 395 g/mol. The van der Waals surface area contributed by atoms with Crippen molar-refractivity contribution >= 4 is 17.0 Å². The molecular formula is C22H26FN5O. The van der Waals surface area contributed by atoms with Crippen LogP contribution in [0.3, 0.4) is 0 Å². The van der Waals surface area contributed by atoms with Gasteiger partial charge in [-0.1, -0.05) is 6.08 Å². The van der Waals surface area contributed by atoms with Crippen LogP contribution in [0.2, 0.25) is 0 Å². The number of halogens is 1. The second-order valence-corrected chi connectivity index (χ2v) is 7.79. The van der Waals surface area contributed by atoms with Gasteiger partial charge in [-0.25, -0.2) is 18.9 Å². The first kappa shape index (κ1) is 18.2. The molecule has 2 aliphatic carbocycles. The minimum absolute atomic E-state index is 0. The number of pyridine rings is 1. The number of allylic oxidation sites excluding steroid dienone is 1. The van der Waals surface area contributed by atoms with Crippen molar-refractivity contribution in [1.29, 1.82) is 0 Å². The van der Waals surface area contributed by atoms with E-state index in [1.165, 1.54) is 12.5 Å². The Balaban J connectivity index is 0.00000218. The third-order valence-corrected chi connectivity index (χ3v) is 5.76. The number of aromatic nitrogens is 4. The lowest BCUT2D eigenvalue weighted by Gasteiger charge is -2.29. The highest BCUT2D eigenvalue weighted by Crippen LogP contribution is 2.32. The zero-order chi connectivity index (χ0) is 19.8. The number of alkyl halides is 1. The van der Waals surface area contributed by atoms with Gasteiger partial charge in [0, 0.05) is 38.0 Å². The van der Waals surface area contributed by atoms with Crippen molar-refractivity contribution in [1.82, 2.24) is 19.6 Å². The van der Waals surface area contributed by atoms with Crippen LogP contribution >= 0.6 is 0 Å². The molecule has 3 heterocycles. The Morgan fingerprint density at radius 3 is 2.97 bits per heavy atom. The predicted octanol–water partition coefficient (Wildman–Crippen LogP) is 4.41. The van der Waals surface area contributed by atoms with Crippen LogP contribution in [0.1, 0.15) is 50.9 Å². The van der Waals surface area contributed by atoms with Crippen LogP contribution in [0.4, 0.5) is 10.3 Å². The Kier molecular flexibility index (Phi) is 4.75. The van der Waals surface area contributed by atoms with Gasteiger partial charge in [-0.2, -0.15) is 5.10 Å². The standard InChI is InChI=1S/C22H24FN5O.H2/c1-14(23)29-18-4-2-16(3-5-18)26-22-24-13-20-19(6-7-21(20)27-22)15-9-11-28-17(12-15)8-10-25-28;/h6,8-14,16,18H,2-5,7H2,1H3,(H,24,26,27);1H. The maximum Gasteiger partial charge on any atom is 0.223 e. The normalized spacial score (nSPS) is 22.3. The van der Waals surface area contributed by atoms with Crippen molar-refractivity contribution in [3.05, 3.63) is 59.7 Å². The molecule has 0 saturated heterocycles. The Labute approximate surface area is 170 Å². The summed E-state index contributed by atoms with van der Waals surface area (Å²) in [7, 11) is 0. The maximum atomic E-state index is 13.0. The number of fused-ring (bicyclic) bond motifs is 2. The summed E-state index contributed by atoms with van der Waals surface area (Å²) < 4.78 is 20.2. The lowest BCUT2D eigenvalue weighted by atomic mass is 9.93. The Morgan fingerprint density at radius 2 is 2.14 bits per heavy atom. The molecule has 7 heteroatoms. The molecule has 3 aromatic rings. The highest BCUT2D eigenvalue weighted by molar-refractivity contribution is 5.85. The number of anilines is 1. The molecule has 2 aliphatic rings. The fourth-order valence-electron chi connectivity index (χ4n) is 4.33. The van der Waals surface area contributed by atoms with Gasteiger partial charge in [0.15, 0.2) is 6.36 Å². The molecule has 29 heavy (non-hydrogen) atoms. The lowest BCUT2D eigenvalue weighted by molar-refractivity contribution is -0.0862. The van der Waals surface area contributed by atoms with E-state index < -0.39 is 6.36 Å². The monoisotopic (exact) mass is 395 g/mol. The third kappa shape index (κ3) is 3.74. The summed E-state index contributed by atoms with van der Waals surface area (Å²) in [5.74, 6) is 0.674. The molecule has 1 saturated carbocycles. The molecule has 1 fully saturated rings. The van der Waals surface area contributed by atoms with Crippen LogP contribution in [-0.4, -0.2) is 38.1 Å². The van der Waals surface area contributed by atoms with Crippen molar-refractivity contribution in [2.24, 2.45) is 0 Å². The number of rotatable bonds is 5. The van der Waals surface area contributed by atoms with E-state index in [2.05, 4.69) is 33.6 Å². The summed E-state index contributed by atoms with van der Waals surface area (Å²) in [5, 5.41) is 7.71. The molecule has 152 valence electrons. The van der Waals surface area contributed by atoms with Gasteiger partial charge in [0.05, 0.1) is 17.3 Å². The van der Waals surface area contributed by atoms with E-state index in [0.29, 0.717) is 12.0 Å². The Bertz CT molecular complexity index is 1060. The van der Waals surface area contributed by atoms with Crippen LogP contribution in [0, 0.1) is 0 Å².